The molecule has 0 spiro atoms. The SMILES string of the molecule is COc1cc(-c2cn3ccc(C=O)cc3n2)on1. The van der Waals surface area contributed by atoms with Crippen LogP contribution in [-0.2, 0) is 0 Å². The molecule has 0 unspecified atom stereocenters. The molecule has 18 heavy (non-hydrogen) atoms. The highest BCUT2D eigenvalue weighted by Crippen LogP contribution is 2.23. The van der Waals surface area contributed by atoms with Gasteiger partial charge in [0.1, 0.15) is 17.6 Å². The molecule has 0 radical (unpaired) electrons. The number of carbonyl (C=O) groups is 1. The Bertz CT molecular complexity index is 714. The van der Waals surface area contributed by atoms with Gasteiger partial charge in [0.2, 0.25) is 0 Å². The number of aldehydes is 1. The third-order valence-electron chi connectivity index (χ3n) is 2.57. The van der Waals surface area contributed by atoms with Crippen molar-refractivity contribution in [3.63, 3.8) is 0 Å². The topological polar surface area (TPSA) is 69.6 Å². The van der Waals surface area contributed by atoms with Gasteiger partial charge >= 0.3 is 0 Å². The van der Waals surface area contributed by atoms with E-state index in [2.05, 4.69) is 10.1 Å². The number of imidazole rings is 1. The van der Waals surface area contributed by atoms with Crippen molar-refractivity contribution in [2.24, 2.45) is 0 Å². The van der Waals surface area contributed by atoms with E-state index in [1.165, 1.54) is 7.11 Å². The number of pyridine rings is 1. The summed E-state index contributed by atoms with van der Waals surface area (Å²) in [6, 6.07) is 5.07. The molecule has 6 nitrogen and oxygen atoms in total. The van der Waals surface area contributed by atoms with Gasteiger partial charge in [-0.05, 0) is 17.3 Å². The molecule has 3 rings (SSSR count). The fourth-order valence-electron chi connectivity index (χ4n) is 1.67. The number of carbonyl (C=O) groups excluding carboxylic acids is 1. The maximum absolute atomic E-state index is 10.7. The number of aromatic nitrogens is 3. The van der Waals surface area contributed by atoms with E-state index >= 15 is 0 Å². The Kier molecular flexibility index (Phi) is 2.33. The number of rotatable bonds is 3. The Morgan fingerprint density at radius 2 is 2.33 bits per heavy atom. The lowest BCUT2D eigenvalue weighted by Crippen LogP contribution is -1.85. The molecular formula is C12H9N3O3. The molecule has 0 saturated heterocycles. The number of methoxy groups -OCH3 is 1. The fourth-order valence-corrected chi connectivity index (χ4v) is 1.67. The summed E-state index contributed by atoms with van der Waals surface area (Å²) in [6.45, 7) is 0. The van der Waals surface area contributed by atoms with E-state index in [9.17, 15) is 4.79 Å². The lowest BCUT2D eigenvalue weighted by Gasteiger charge is -1.91. The molecule has 0 N–H and O–H groups in total. The Labute approximate surface area is 102 Å². The van der Waals surface area contributed by atoms with Gasteiger partial charge in [0.25, 0.3) is 5.88 Å². The Morgan fingerprint density at radius 1 is 1.44 bits per heavy atom. The van der Waals surface area contributed by atoms with Crippen molar-refractivity contribution < 1.29 is 14.1 Å². The van der Waals surface area contributed by atoms with Crippen molar-refractivity contribution in [1.82, 2.24) is 14.5 Å². The highest BCUT2D eigenvalue weighted by atomic mass is 16.5. The molecule has 3 heterocycles. The second kappa shape index (κ2) is 3.99. The molecule has 6 heteroatoms. The lowest BCUT2D eigenvalue weighted by atomic mass is 10.3. The highest BCUT2D eigenvalue weighted by molar-refractivity contribution is 5.77. The summed E-state index contributed by atoms with van der Waals surface area (Å²) in [4.78, 5) is 15.0. The third-order valence-corrected chi connectivity index (χ3v) is 2.57. The summed E-state index contributed by atoms with van der Waals surface area (Å²) in [6.07, 6.45) is 4.35. The standard InChI is InChI=1S/C12H9N3O3/c1-17-12-5-10(18-14-12)9-6-15-3-2-8(7-16)4-11(15)13-9/h2-7H,1H3. The van der Waals surface area contributed by atoms with Crippen LogP contribution >= 0.6 is 0 Å². The molecule has 0 aliphatic carbocycles. The van der Waals surface area contributed by atoms with Gasteiger partial charge in [-0.25, -0.2) is 4.98 Å². The molecule has 0 bridgehead atoms. The first-order chi connectivity index (χ1) is 8.80. The van der Waals surface area contributed by atoms with Crippen molar-refractivity contribution in [1.29, 1.82) is 0 Å². The van der Waals surface area contributed by atoms with Crippen LogP contribution in [0.15, 0.2) is 35.1 Å². The van der Waals surface area contributed by atoms with Gasteiger partial charge in [0.15, 0.2) is 5.76 Å². The minimum Gasteiger partial charge on any atom is -0.479 e. The van der Waals surface area contributed by atoms with Crippen LogP contribution in [-0.4, -0.2) is 27.9 Å². The zero-order valence-corrected chi connectivity index (χ0v) is 9.53. The van der Waals surface area contributed by atoms with Crippen LogP contribution in [0.5, 0.6) is 5.88 Å². The number of hydrogen-bond donors (Lipinski definition) is 0. The number of fused-ring (bicyclic) bond motifs is 1. The minimum atomic E-state index is 0.399. The number of ether oxygens (including phenoxy) is 1. The average Bonchev–Trinajstić information content (AvgIpc) is 3.03. The van der Waals surface area contributed by atoms with E-state index in [1.807, 2.05) is 0 Å². The second-order valence-electron chi connectivity index (χ2n) is 3.70. The van der Waals surface area contributed by atoms with E-state index < -0.39 is 0 Å². The predicted octanol–water partition coefficient (Wildman–Crippen LogP) is 1.81. The normalized spacial score (nSPS) is 10.7. The van der Waals surface area contributed by atoms with Gasteiger partial charge in [-0.2, -0.15) is 0 Å². The van der Waals surface area contributed by atoms with Crippen molar-refractivity contribution >= 4 is 11.9 Å². The van der Waals surface area contributed by atoms with Crippen LogP contribution in [0.3, 0.4) is 0 Å². The average molecular weight is 243 g/mol. The quantitative estimate of drug-likeness (QED) is 0.656. The molecule has 3 aromatic rings. The molecular weight excluding hydrogens is 234 g/mol. The maximum atomic E-state index is 10.7. The van der Waals surface area contributed by atoms with Gasteiger partial charge in [-0.3, -0.25) is 4.79 Å². The molecule has 0 amide bonds. The van der Waals surface area contributed by atoms with E-state index in [0.29, 0.717) is 28.5 Å². The summed E-state index contributed by atoms with van der Waals surface area (Å²) in [5.41, 5.74) is 1.88. The van der Waals surface area contributed by atoms with Crippen LogP contribution in [0.1, 0.15) is 10.4 Å². The largest absolute Gasteiger partial charge is 0.479 e. The molecule has 0 aliphatic heterocycles. The van der Waals surface area contributed by atoms with Crippen LogP contribution < -0.4 is 4.74 Å². The number of nitrogens with zero attached hydrogens (tertiary/aromatic N) is 3. The third kappa shape index (κ3) is 1.64. The first-order valence-electron chi connectivity index (χ1n) is 5.25. The Balaban J connectivity index is 2.09. The zero-order chi connectivity index (χ0) is 12.5. The first kappa shape index (κ1) is 10.5. The van der Waals surface area contributed by atoms with E-state index in [-0.39, 0.29) is 0 Å². The second-order valence-corrected chi connectivity index (χ2v) is 3.70. The van der Waals surface area contributed by atoms with E-state index in [4.69, 9.17) is 9.26 Å². The summed E-state index contributed by atoms with van der Waals surface area (Å²) in [5, 5.41) is 3.71. The summed E-state index contributed by atoms with van der Waals surface area (Å²) < 4.78 is 11.9. The van der Waals surface area contributed by atoms with Gasteiger partial charge in [0.05, 0.1) is 13.2 Å². The van der Waals surface area contributed by atoms with Gasteiger partial charge in [-0.15, -0.1) is 0 Å². The number of hydrogen-bond acceptors (Lipinski definition) is 5. The van der Waals surface area contributed by atoms with Crippen molar-refractivity contribution in [3.8, 4) is 17.3 Å². The minimum absolute atomic E-state index is 0.399. The van der Waals surface area contributed by atoms with Gasteiger partial charge in [-0.1, -0.05) is 0 Å². The fraction of sp³-hybridized carbons (Fsp3) is 0.0833. The maximum Gasteiger partial charge on any atom is 0.254 e. The molecule has 0 atom stereocenters. The van der Waals surface area contributed by atoms with Crippen molar-refractivity contribution in [2.45, 2.75) is 0 Å². The van der Waals surface area contributed by atoms with Crippen LogP contribution in [0.2, 0.25) is 0 Å². The van der Waals surface area contributed by atoms with Gasteiger partial charge < -0.3 is 13.7 Å². The Hall–Kier alpha value is -2.63. The highest BCUT2D eigenvalue weighted by Gasteiger charge is 2.11. The zero-order valence-electron chi connectivity index (χ0n) is 9.53. The molecule has 0 aromatic carbocycles. The monoisotopic (exact) mass is 243 g/mol. The van der Waals surface area contributed by atoms with Crippen LogP contribution in [0, 0.1) is 0 Å². The molecule has 90 valence electrons. The lowest BCUT2D eigenvalue weighted by molar-refractivity contribution is 0.112. The van der Waals surface area contributed by atoms with Crippen LogP contribution in [0.25, 0.3) is 17.1 Å². The van der Waals surface area contributed by atoms with E-state index in [1.54, 1.807) is 35.0 Å². The van der Waals surface area contributed by atoms with Gasteiger partial charge in [0, 0.05) is 18.0 Å². The molecule has 3 aromatic heterocycles. The predicted molar refractivity (Wildman–Crippen MR) is 62.6 cm³/mol. The molecule has 0 saturated carbocycles. The Morgan fingerprint density at radius 3 is 3.06 bits per heavy atom. The van der Waals surface area contributed by atoms with Crippen LogP contribution in [0.4, 0.5) is 0 Å². The van der Waals surface area contributed by atoms with Crippen molar-refractivity contribution in [2.75, 3.05) is 7.11 Å². The van der Waals surface area contributed by atoms with E-state index in [0.717, 1.165) is 6.29 Å². The van der Waals surface area contributed by atoms with Crippen molar-refractivity contribution in [3.05, 3.63) is 36.2 Å². The first-order valence-corrected chi connectivity index (χ1v) is 5.25. The molecule has 0 aliphatic rings. The summed E-state index contributed by atoms with van der Waals surface area (Å²) >= 11 is 0. The summed E-state index contributed by atoms with van der Waals surface area (Å²) in [5.74, 6) is 0.916. The smallest absolute Gasteiger partial charge is 0.254 e. The molecule has 0 fully saturated rings. The summed E-state index contributed by atoms with van der Waals surface area (Å²) in [7, 11) is 1.52.